The molecule has 0 aromatic heterocycles. The van der Waals surface area contributed by atoms with Gasteiger partial charge in [-0.25, -0.2) is 0 Å². The van der Waals surface area contributed by atoms with E-state index in [1.54, 1.807) is 11.8 Å². The zero-order valence-corrected chi connectivity index (χ0v) is 7.31. The summed E-state index contributed by atoms with van der Waals surface area (Å²) >= 11 is 6.76. The molecule has 1 saturated heterocycles. The normalized spacial score (nSPS) is 36.0. The molecule has 0 aromatic rings. The Morgan fingerprint density at radius 1 is 1.67 bits per heavy atom. The number of hydrogen-bond donors (Lipinski definition) is 1. The van der Waals surface area contributed by atoms with Crippen molar-refractivity contribution >= 4 is 28.3 Å². The lowest BCUT2D eigenvalue weighted by molar-refractivity contribution is 0.558. The maximum atomic E-state index is 4.99. The van der Waals surface area contributed by atoms with Crippen LogP contribution in [-0.2, 0) is 0 Å². The molecule has 2 atom stereocenters. The molecule has 0 radical (unpaired) electrons. The molecule has 1 rings (SSSR count). The van der Waals surface area contributed by atoms with Gasteiger partial charge in [-0.1, -0.05) is 37.8 Å². The van der Waals surface area contributed by atoms with Gasteiger partial charge in [0.25, 0.3) is 0 Å². The van der Waals surface area contributed by atoms with E-state index in [1.807, 2.05) is 0 Å². The van der Waals surface area contributed by atoms with E-state index < -0.39 is 0 Å². The van der Waals surface area contributed by atoms with Gasteiger partial charge in [0.05, 0.1) is 0 Å². The highest BCUT2D eigenvalue weighted by atomic mass is 32.2. The van der Waals surface area contributed by atoms with Gasteiger partial charge in [0, 0.05) is 11.8 Å². The molecule has 0 aliphatic carbocycles. The summed E-state index contributed by atoms with van der Waals surface area (Å²) < 4.78 is 0.959. The van der Waals surface area contributed by atoms with Crippen LogP contribution in [0.1, 0.15) is 13.8 Å². The molecule has 0 unspecified atom stereocenters. The first-order chi connectivity index (χ1) is 4.20. The number of thioether (sulfide) groups is 1. The van der Waals surface area contributed by atoms with E-state index in [4.69, 9.17) is 12.2 Å². The van der Waals surface area contributed by atoms with E-state index in [0.29, 0.717) is 5.25 Å². The molecular weight excluding hydrogens is 150 g/mol. The van der Waals surface area contributed by atoms with Crippen LogP contribution >= 0.6 is 24.0 Å². The van der Waals surface area contributed by atoms with Crippen LogP contribution in [0.5, 0.6) is 0 Å². The third kappa shape index (κ3) is 1.83. The van der Waals surface area contributed by atoms with Gasteiger partial charge in [0.1, 0.15) is 4.32 Å². The summed E-state index contributed by atoms with van der Waals surface area (Å²) in [6.07, 6.45) is 0. The second-order valence-electron chi connectivity index (χ2n) is 2.47. The average Bonchev–Trinajstić information content (AvgIpc) is 1.80. The minimum atomic E-state index is 0.693. The first-order valence-corrected chi connectivity index (χ1v) is 4.43. The lowest BCUT2D eigenvalue weighted by atomic mass is 10.1. The van der Waals surface area contributed by atoms with E-state index in [9.17, 15) is 0 Å². The zero-order chi connectivity index (χ0) is 6.85. The van der Waals surface area contributed by atoms with Crippen molar-refractivity contribution in [2.24, 2.45) is 5.92 Å². The number of nitrogens with one attached hydrogen (secondary N) is 1. The lowest BCUT2D eigenvalue weighted by Crippen LogP contribution is -2.35. The Hall–Kier alpha value is 0.240. The Balaban J connectivity index is 2.44. The van der Waals surface area contributed by atoms with E-state index in [-0.39, 0.29) is 0 Å². The number of hydrogen-bond acceptors (Lipinski definition) is 2. The first-order valence-electron chi connectivity index (χ1n) is 3.14. The summed E-state index contributed by atoms with van der Waals surface area (Å²) in [5.74, 6) is 0.752. The quantitative estimate of drug-likeness (QED) is 0.542. The van der Waals surface area contributed by atoms with Crippen molar-refractivity contribution < 1.29 is 0 Å². The van der Waals surface area contributed by atoms with Crippen LogP contribution in [0.15, 0.2) is 0 Å². The van der Waals surface area contributed by atoms with Gasteiger partial charge in [0.15, 0.2) is 0 Å². The van der Waals surface area contributed by atoms with Crippen LogP contribution in [-0.4, -0.2) is 16.1 Å². The van der Waals surface area contributed by atoms with Gasteiger partial charge in [0.2, 0.25) is 0 Å². The van der Waals surface area contributed by atoms with Gasteiger partial charge in [-0.05, 0) is 5.92 Å². The standard InChI is InChI=1S/C6H11NS2/c1-4-3-7-6(8)9-5(4)2/h4-5H,3H2,1-2H3,(H,7,8)/t4-,5-/m0/s1. The minimum Gasteiger partial charge on any atom is -0.371 e. The van der Waals surface area contributed by atoms with Crippen LogP contribution in [0.4, 0.5) is 0 Å². The molecule has 9 heavy (non-hydrogen) atoms. The molecule has 3 heteroatoms. The Morgan fingerprint density at radius 3 is 2.78 bits per heavy atom. The second kappa shape index (κ2) is 2.88. The Morgan fingerprint density at radius 2 is 2.33 bits per heavy atom. The third-order valence-corrected chi connectivity index (χ3v) is 3.29. The fourth-order valence-corrected chi connectivity index (χ4v) is 2.11. The van der Waals surface area contributed by atoms with E-state index in [1.165, 1.54) is 0 Å². The monoisotopic (exact) mass is 161 g/mol. The van der Waals surface area contributed by atoms with Crippen molar-refractivity contribution in [3.05, 3.63) is 0 Å². The smallest absolute Gasteiger partial charge is 0.134 e. The molecule has 0 spiro atoms. The molecule has 1 heterocycles. The van der Waals surface area contributed by atoms with Crippen LogP contribution < -0.4 is 5.32 Å². The Bertz CT molecular complexity index is 124. The fraction of sp³-hybridized carbons (Fsp3) is 0.833. The maximum absolute atomic E-state index is 4.99. The summed E-state index contributed by atoms with van der Waals surface area (Å²) in [4.78, 5) is 0. The molecule has 1 nitrogen and oxygen atoms in total. The Kier molecular flexibility index (Phi) is 2.35. The van der Waals surface area contributed by atoms with E-state index in [2.05, 4.69) is 19.2 Å². The molecule has 0 saturated carbocycles. The van der Waals surface area contributed by atoms with Gasteiger partial charge in [-0.15, -0.1) is 0 Å². The predicted octanol–water partition coefficient (Wildman–Crippen LogP) is 1.63. The lowest BCUT2D eigenvalue weighted by Gasteiger charge is -2.26. The van der Waals surface area contributed by atoms with Crippen molar-refractivity contribution in [3.63, 3.8) is 0 Å². The van der Waals surface area contributed by atoms with Gasteiger partial charge < -0.3 is 5.32 Å². The van der Waals surface area contributed by atoms with Crippen molar-refractivity contribution in [1.29, 1.82) is 0 Å². The highest BCUT2D eigenvalue weighted by Gasteiger charge is 2.19. The first kappa shape index (κ1) is 7.35. The van der Waals surface area contributed by atoms with Crippen molar-refractivity contribution in [2.45, 2.75) is 19.1 Å². The van der Waals surface area contributed by atoms with Crippen molar-refractivity contribution in [2.75, 3.05) is 6.54 Å². The molecule has 1 aliphatic rings. The zero-order valence-electron chi connectivity index (χ0n) is 5.68. The molecule has 1 N–H and O–H groups in total. The average molecular weight is 161 g/mol. The van der Waals surface area contributed by atoms with Gasteiger partial charge >= 0.3 is 0 Å². The summed E-state index contributed by atoms with van der Waals surface area (Å²) in [6.45, 7) is 5.52. The van der Waals surface area contributed by atoms with Crippen molar-refractivity contribution in [3.8, 4) is 0 Å². The maximum Gasteiger partial charge on any atom is 0.134 e. The van der Waals surface area contributed by atoms with E-state index in [0.717, 1.165) is 16.8 Å². The van der Waals surface area contributed by atoms with Crippen molar-refractivity contribution in [1.82, 2.24) is 5.32 Å². The minimum absolute atomic E-state index is 0.693. The van der Waals surface area contributed by atoms with Crippen LogP contribution in [0, 0.1) is 5.92 Å². The second-order valence-corrected chi connectivity index (χ2v) is 4.52. The van der Waals surface area contributed by atoms with E-state index >= 15 is 0 Å². The SMILES string of the molecule is C[C@@H]1SC(=S)NC[C@@H]1C. The van der Waals surface area contributed by atoms with Crippen LogP contribution in [0.3, 0.4) is 0 Å². The van der Waals surface area contributed by atoms with Gasteiger partial charge in [-0.3, -0.25) is 0 Å². The number of rotatable bonds is 0. The molecule has 1 fully saturated rings. The molecule has 0 bridgehead atoms. The predicted molar refractivity (Wildman–Crippen MR) is 46.8 cm³/mol. The highest BCUT2D eigenvalue weighted by molar-refractivity contribution is 8.23. The molecule has 0 aromatic carbocycles. The molecule has 52 valence electrons. The number of thiocarbonyl (C=S) groups is 1. The van der Waals surface area contributed by atoms with Gasteiger partial charge in [-0.2, -0.15) is 0 Å². The molecule has 0 amide bonds. The summed E-state index contributed by atoms with van der Waals surface area (Å²) in [5.41, 5.74) is 0. The molecule has 1 aliphatic heterocycles. The van der Waals surface area contributed by atoms with Crippen LogP contribution in [0.2, 0.25) is 0 Å². The molecular formula is C6H11NS2. The summed E-state index contributed by atoms with van der Waals surface area (Å²) in [7, 11) is 0. The summed E-state index contributed by atoms with van der Waals surface area (Å²) in [5, 5.41) is 3.85. The Labute approximate surface area is 65.6 Å². The van der Waals surface area contributed by atoms with Crippen LogP contribution in [0.25, 0.3) is 0 Å². The highest BCUT2D eigenvalue weighted by Crippen LogP contribution is 2.23. The topological polar surface area (TPSA) is 12.0 Å². The fourth-order valence-electron chi connectivity index (χ4n) is 0.737. The largest absolute Gasteiger partial charge is 0.371 e. The summed E-state index contributed by atoms with van der Waals surface area (Å²) in [6, 6.07) is 0. The third-order valence-electron chi connectivity index (χ3n) is 1.66.